The summed E-state index contributed by atoms with van der Waals surface area (Å²) in [7, 11) is 1.68. The monoisotopic (exact) mass is 298 g/mol. The van der Waals surface area contributed by atoms with E-state index in [0.717, 1.165) is 36.5 Å². The summed E-state index contributed by atoms with van der Waals surface area (Å²) in [6.45, 7) is 6.54. The summed E-state index contributed by atoms with van der Waals surface area (Å²) in [4.78, 5) is 2.52. The summed E-state index contributed by atoms with van der Waals surface area (Å²) >= 11 is 0. The summed E-state index contributed by atoms with van der Waals surface area (Å²) < 4.78 is 11.1. The zero-order chi connectivity index (χ0) is 13.1. The molecule has 2 heterocycles. The van der Waals surface area contributed by atoms with Crippen molar-refractivity contribution in [2.75, 3.05) is 46.4 Å². The molecule has 112 valence electrons. The molecule has 2 saturated heterocycles. The first kappa shape index (κ1) is 15.4. The van der Waals surface area contributed by atoms with Gasteiger partial charge in [0.1, 0.15) is 6.61 Å². The van der Waals surface area contributed by atoms with Crippen molar-refractivity contribution in [1.29, 1.82) is 0 Å². The predicted molar refractivity (Wildman–Crippen MR) is 82.0 cm³/mol. The lowest BCUT2D eigenvalue weighted by Gasteiger charge is -2.17. The molecule has 0 saturated carbocycles. The lowest BCUT2D eigenvalue weighted by molar-refractivity contribution is 0.222. The Hall–Kier alpha value is -0.970. The van der Waals surface area contributed by atoms with E-state index >= 15 is 0 Å². The molecule has 2 aliphatic rings. The second-order valence-corrected chi connectivity index (χ2v) is 5.44. The van der Waals surface area contributed by atoms with Crippen molar-refractivity contribution in [1.82, 2.24) is 10.2 Å². The van der Waals surface area contributed by atoms with E-state index < -0.39 is 0 Å². The quantitative estimate of drug-likeness (QED) is 0.896. The summed E-state index contributed by atoms with van der Waals surface area (Å²) in [6, 6.07) is 7.83. The number of methoxy groups -OCH3 is 1. The van der Waals surface area contributed by atoms with Crippen LogP contribution in [0.1, 0.15) is 0 Å². The van der Waals surface area contributed by atoms with Gasteiger partial charge in [-0.3, -0.25) is 4.90 Å². The van der Waals surface area contributed by atoms with Crippen LogP contribution in [0, 0.1) is 11.8 Å². The van der Waals surface area contributed by atoms with Crippen LogP contribution in [-0.4, -0.2) is 51.3 Å². The second-order valence-electron chi connectivity index (χ2n) is 5.44. The van der Waals surface area contributed by atoms with Crippen molar-refractivity contribution in [3.8, 4) is 11.5 Å². The molecule has 0 bridgehead atoms. The summed E-state index contributed by atoms with van der Waals surface area (Å²) in [5, 5.41) is 3.47. The van der Waals surface area contributed by atoms with Crippen LogP contribution in [0.3, 0.4) is 0 Å². The van der Waals surface area contributed by atoms with Crippen LogP contribution in [-0.2, 0) is 0 Å². The lowest BCUT2D eigenvalue weighted by Crippen LogP contribution is -2.29. The molecule has 1 N–H and O–H groups in total. The van der Waals surface area contributed by atoms with Gasteiger partial charge in [-0.1, -0.05) is 12.1 Å². The fraction of sp³-hybridized carbons (Fsp3) is 0.600. The summed E-state index contributed by atoms with van der Waals surface area (Å²) in [6.07, 6.45) is 0. The molecule has 0 amide bonds. The molecule has 2 atom stereocenters. The van der Waals surface area contributed by atoms with E-state index in [2.05, 4.69) is 10.2 Å². The number of hydrogen-bond acceptors (Lipinski definition) is 4. The SMILES string of the molecule is COc1ccccc1OCCN1C[C@H]2CNC[C@H]2C1.Cl. The Labute approximate surface area is 126 Å². The molecule has 0 unspecified atom stereocenters. The number of hydrogen-bond donors (Lipinski definition) is 1. The van der Waals surface area contributed by atoms with Gasteiger partial charge >= 0.3 is 0 Å². The number of nitrogens with zero attached hydrogens (tertiary/aromatic N) is 1. The zero-order valence-corrected chi connectivity index (χ0v) is 12.7. The molecule has 0 radical (unpaired) electrons. The number of nitrogens with one attached hydrogen (secondary N) is 1. The van der Waals surface area contributed by atoms with Gasteiger partial charge in [-0.25, -0.2) is 0 Å². The molecule has 0 aromatic heterocycles. The van der Waals surface area contributed by atoms with Crippen molar-refractivity contribution >= 4 is 12.4 Å². The van der Waals surface area contributed by atoms with Crippen molar-refractivity contribution in [3.63, 3.8) is 0 Å². The first-order valence-electron chi connectivity index (χ1n) is 7.05. The molecule has 2 fully saturated rings. The van der Waals surface area contributed by atoms with Gasteiger partial charge in [-0.05, 0) is 37.1 Å². The maximum atomic E-state index is 5.83. The van der Waals surface area contributed by atoms with Crippen LogP contribution in [0.15, 0.2) is 24.3 Å². The number of ether oxygens (including phenoxy) is 2. The highest BCUT2D eigenvalue weighted by Crippen LogP contribution is 2.27. The zero-order valence-electron chi connectivity index (χ0n) is 11.9. The molecule has 0 spiro atoms. The minimum absolute atomic E-state index is 0. The van der Waals surface area contributed by atoms with E-state index in [-0.39, 0.29) is 12.4 Å². The van der Waals surface area contributed by atoms with Gasteiger partial charge in [0.25, 0.3) is 0 Å². The van der Waals surface area contributed by atoms with Crippen LogP contribution >= 0.6 is 12.4 Å². The molecular formula is C15H23ClN2O2. The van der Waals surface area contributed by atoms with E-state index in [1.807, 2.05) is 24.3 Å². The van der Waals surface area contributed by atoms with Crippen LogP contribution in [0.25, 0.3) is 0 Å². The van der Waals surface area contributed by atoms with E-state index in [1.165, 1.54) is 26.2 Å². The number of likely N-dealkylation sites (tertiary alicyclic amines) is 1. The Morgan fingerprint density at radius 2 is 1.80 bits per heavy atom. The van der Waals surface area contributed by atoms with Crippen LogP contribution < -0.4 is 14.8 Å². The highest BCUT2D eigenvalue weighted by atomic mass is 35.5. The number of rotatable bonds is 5. The van der Waals surface area contributed by atoms with Gasteiger partial charge in [0.15, 0.2) is 11.5 Å². The van der Waals surface area contributed by atoms with Gasteiger partial charge < -0.3 is 14.8 Å². The summed E-state index contributed by atoms with van der Waals surface area (Å²) in [5.41, 5.74) is 0. The standard InChI is InChI=1S/C15H22N2O2.ClH/c1-18-14-4-2-3-5-15(14)19-7-6-17-10-12-8-16-9-13(12)11-17;/h2-5,12-13,16H,6-11H2,1H3;1H/t12-,13+;. The number of benzene rings is 1. The minimum atomic E-state index is 0. The maximum absolute atomic E-state index is 5.83. The number of para-hydroxylation sites is 2. The Balaban J connectivity index is 0.00000147. The van der Waals surface area contributed by atoms with E-state index in [4.69, 9.17) is 9.47 Å². The van der Waals surface area contributed by atoms with Gasteiger partial charge in [-0.15, -0.1) is 12.4 Å². The molecule has 1 aromatic carbocycles. The third-order valence-electron chi connectivity index (χ3n) is 4.20. The highest BCUT2D eigenvalue weighted by Gasteiger charge is 2.35. The molecule has 1 aromatic rings. The minimum Gasteiger partial charge on any atom is -0.493 e. The first-order valence-corrected chi connectivity index (χ1v) is 7.05. The Kier molecular flexibility index (Phi) is 5.52. The second kappa shape index (κ2) is 7.16. The summed E-state index contributed by atoms with van der Waals surface area (Å²) in [5.74, 6) is 3.36. The van der Waals surface area contributed by atoms with Crippen LogP contribution in [0.5, 0.6) is 11.5 Å². The third-order valence-corrected chi connectivity index (χ3v) is 4.20. The number of halogens is 1. The van der Waals surface area contributed by atoms with Gasteiger partial charge in [0.2, 0.25) is 0 Å². The molecule has 2 aliphatic heterocycles. The van der Waals surface area contributed by atoms with Crippen LogP contribution in [0.4, 0.5) is 0 Å². The fourth-order valence-corrected chi connectivity index (χ4v) is 3.16. The van der Waals surface area contributed by atoms with Gasteiger partial charge in [0.05, 0.1) is 7.11 Å². The molecule has 0 aliphatic carbocycles. The Bertz CT molecular complexity index is 418. The Morgan fingerprint density at radius 1 is 1.15 bits per heavy atom. The Morgan fingerprint density at radius 3 is 2.45 bits per heavy atom. The predicted octanol–water partition coefficient (Wildman–Crippen LogP) is 1.65. The third kappa shape index (κ3) is 3.37. The molecular weight excluding hydrogens is 276 g/mol. The maximum Gasteiger partial charge on any atom is 0.161 e. The topological polar surface area (TPSA) is 33.7 Å². The average molecular weight is 299 g/mol. The van der Waals surface area contributed by atoms with Crippen molar-refractivity contribution < 1.29 is 9.47 Å². The average Bonchev–Trinajstić information content (AvgIpc) is 3.00. The smallest absolute Gasteiger partial charge is 0.161 e. The molecule has 5 heteroatoms. The van der Waals surface area contributed by atoms with Gasteiger partial charge in [-0.2, -0.15) is 0 Å². The molecule has 4 nitrogen and oxygen atoms in total. The van der Waals surface area contributed by atoms with Crippen molar-refractivity contribution in [3.05, 3.63) is 24.3 Å². The molecule has 3 rings (SSSR count). The van der Waals surface area contributed by atoms with E-state index in [1.54, 1.807) is 7.11 Å². The normalized spacial score (nSPS) is 25.1. The number of fused-ring (bicyclic) bond motifs is 1. The van der Waals surface area contributed by atoms with E-state index in [9.17, 15) is 0 Å². The van der Waals surface area contributed by atoms with Gasteiger partial charge in [0, 0.05) is 19.6 Å². The largest absolute Gasteiger partial charge is 0.493 e. The van der Waals surface area contributed by atoms with Crippen molar-refractivity contribution in [2.24, 2.45) is 11.8 Å². The molecule has 20 heavy (non-hydrogen) atoms. The van der Waals surface area contributed by atoms with Crippen molar-refractivity contribution in [2.45, 2.75) is 0 Å². The first-order chi connectivity index (χ1) is 9.36. The highest BCUT2D eigenvalue weighted by molar-refractivity contribution is 5.85. The van der Waals surface area contributed by atoms with Crippen LogP contribution in [0.2, 0.25) is 0 Å². The lowest BCUT2D eigenvalue weighted by atomic mass is 10.0. The fourth-order valence-electron chi connectivity index (χ4n) is 3.16. The van der Waals surface area contributed by atoms with E-state index in [0.29, 0.717) is 0 Å².